The van der Waals surface area contributed by atoms with E-state index in [1.807, 2.05) is 0 Å². The van der Waals surface area contributed by atoms with Gasteiger partial charge in [-0.15, -0.1) is 0 Å². The van der Waals surface area contributed by atoms with Gasteiger partial charge in [0.15, 0.2) is 0 Å². The largest absolute Gasteiger partial charge is 0.355 e. The molecule has 0 aromatic heterocycles. The summed E-state index contributed by atoms with van der Waals surface area (Å²) in [6.07, 6.45) is 1.34. The normalized spacial score (nSPS) is 33.3. The van der Waals surface area contributed by atoms with Crippen LogP contribution in [0.3, 0.4) is 0 Å². The van der Waals surface area contributed by atoms with Crippen molar-refractivity contribution in [2.75, 3.05) is 10.7 Å². The second-order valence-corrected chi connectivity index (χ2v) is 19.3. The van der Waals surface area contributed by atoms with Crippen molar-refractivity contribution in [3.63, 3.8) is 0 Å². The van der Waals surface area contributed by atoms with E-state index in [1.54, 1.807) is 0 Å². The minimum atomic E-state index is -0.786. The van der Waals surface area contributed by atoms with E-state index < -0.39 is 11.2 Å². The lowest BCUT2D eigenvalue weighted by atomic mass is 9.84. The molecule has 0 aromatic carbocycles. The van der Waals surface area contributed by atoms with Crippen LogP contribution in [-0.4, -0.2) is 41.2 Å². The Morgan fingerprint density at radius 2 is 0.909 bits per heavy atom. The van der Waals surface area contributed by atoms with Crippen molar-refractivity contribution in [3.05, 3.63) is 35.9 Å². The molecular weight excluding hydrogens is 1350 g/mol. The molecule has 0 fully saturated rings. The third kappa shape index (κ3) is 7.17. The molecule has 6 unspecified atom stereocenters. The van der Waals surface area contributed by atoms with Crippen molar-refractivity contribution < 1.29 is 4.74 Å². The maximum atomic E-state index is 7.44. The molecule has 33 heavy (non-hydrogen) atoms. The van der Waals surface area contributed by atoms with Crippen molar-refractivity contribution in [2.24, 2.45) is 0 Å². The highest BCUT2D eigenvalue weighted by molar-refractivity contribution is 9.18. The molecule has 0 amide bonds. The molecular formula is C18H12Br14O. The molecule has 6 atom stereocenters. The van der Waals surface area contributed by atoms with Crippen LogP contribution in [-0.2, 0) is 4.74 Å². The van der Waals surface area contributed by atoms with E-state index in [1.165, 1.54) is 0 Å². The predicted molar refractivity (Wildman–Crippen MR) is 194 cm³/mol. The maximum Gasteiger partial charge on any atom is 0.120 e. The first-order chi connectivity index (χ1) is 15.2. The highest BCUT2D eigenvalue weighted by atomic mass is 79.9. The number of alkyl halides is 6. The summed E-state index contributed by atoms with van der Waals surface area (Å²) < 4.78 is 14.8. The summed E-state index contributed by atoms with van der Waals surface area (Å²) in [5.74, 6) is 0. The zero-order chi connectivity index (χ0) is 25.5. The van der Waals surface area contributed by atoms with Crippen LogP contribution in [0.15, 0.2) is 35.9 Å². The SMILES string of the molecule is BrCC(Br)CC1(OC2(CC(Br)CBr)C(Br)=C(Br)C(Br)=C(Br)C2Br)C(Br)=C(Br)C(Br)=C(Br)C1Br. The Labute approximate surface area is 311 Å². The Kier molecular flexibility index (Phi) is 15.5. The molecule has 188 valence electrons. The fourth-order valence-corrected chi connectivity index (χ4v) is 13.0. The van der Waals surface area contributed by atoms with Crippen molar-refractivity contribution >= 4 is 223 Å². The van der Waals surface area contributed by atoms with Crippen LogP contribution in [0.2, 0.25) is 0 Å². The molecule has 2 aliphatic rings. The maximum absolute atomic E-state index is 7.44. The van der Waals surface area contributed by atoms with Crippen molar-refractivity contribution in [3.8, 4) is 0 Å². The average molecular weight is 1360 g/mol. The van der Waals surface area contributed by atoms with Crippen LogP contribution >= 0.6 is 223 Å². The molecule has 1 nitrogen and oxygen atoms in total. The van der Waals surface area contributed by atoms with Gasteiger partial charge in [-0.1, -0.05) is 159 Å². The first kappa shape index (κ1) is 34.8. The van der Waals surface area contributed by atoms with E-state index in [-0.39, 0.29) is 19.3 Å². The molecule has 0 heterocycles. The van der Waals surface area contributed by atoms with Gasteiger partial charge in [-0.2, -0.15) is 0 Å². The zero-order valence-corrected chi connectivity index (χ0v) is 38.0. The lowest BCUT2D eigenvalue weighted by molar-refractivity contribution is -0.109. The summed E-state index contributed by atoms with van der Waals surface area (Å²) in [6.45, 7) is 0. The average Bonchev–Trinajstić information content (AvgIpc) is 2.80. The third-order valence-electron chi connectivity index (χ3n) is 4.95. The summed E-state index contributed by atoms with van der Waals surface area (Å²) in [5.41, 5.74) is -1.57. The van der Waals surface area contributed by atoms with Gasteiger partial charge in [-0.3, -0.25) is 0 Å². The third-order valence-corrected chi connectivity index (χ3v) is 23.4. The van der Waals surface area contributed by atoms with E-state index >= 15 is 0 Å². The molecule has 0 bridgehead atoms. The van der Waals surface area contributed by atoms with Crippen molar-refractivity contribution in [1.29, 1.82) is 0 Å². The van der Waals surface area contributed by atoms with Crippen LogP contribution in [0, 0.1) is 0 Å². The van der Waals surface area contributed by atoms with Crippen LogP contribution in [0.4, 0.5) is 0 Å². The smallest absolute Gasteiger partial charge is 0.120 e. The lowest BCUT2D eigenvalue weighted by Crippen LogP contribution is -2.58. The summed E-state index contributed by atoms with van der Waals surface area (Å²) >= 11 is 53.2. The first-order valence-corrected chi connectivity index (χ1v) is 21.1. The number of halogens is 14. The quantitative estimate of drug-likeness (QED) is 0.220. The van der Waals surface area contributed by atoms with Gasteiger partial charge in [0, 0.05) is 56.2 Å². The van der Waals surface area contributed by atoms with Crippen molar-refractivity contribution in [2.45, 2.75) is 43.4 Å². The van der Waals surface area contributed by atoms with Gasteiger partial charge < -0.3 is 4.74 Å². The minimum absolute atomic E-state index is 0.143. The number of hydrogen-bond acceptors (Lipinski definition) is 1. The molecule has 0 aromatic rings. The van der Waals surface area contributed by atoms with Crippen molar-refractivity contribution in [1.82, 2.24) is 0 Å². The second kappa shape index (κ2) is 14.7. The first-order valence-electron chi connectivity index (χ1n) is 8.82. The number of hydrogen-bond donors (Lipinski definition) is 0. The molecule has 15 heteroatoms. The van der Waals surface area contributed by atoms with Crippen LogP contribution < -0.4 is 0 Å². The Bertz CT molecular complexity index is 838. The van der Waals surface area contributed by atoms with Crippen LogP contribution in [0.5, 0.6) is 0 Å². The zero-order valence-electron chi connectivity index (χ0n) is 15.8. The van der Waals surface area contributed by atoms with E-state index in [9.17, 15) is 0 Å². The molecule has 2 rings (SSSR count). The molecule has 0 saturated heterocycles. The Hall–Kier alpha value is 5.64. The van der Waals surface area contributed by atoms with Gasteiger partial charge in [0.1, 0.15) is 11.2 Å². The fourth-order valence-electron chi connectivity index (χ4n) is 3.38. The van der Waals surface area contributed by atoms with E-state index in [0.29, 0.717) is 12.8 Å². The van der Waals surface area contributed by atoms with Crippen LogP contribution in [0.1, 0.15) is 12.8 Å². The Balaban J connectivity index is 2.84. The van der Waals surface area contributed by atoms with Gasteiger partial charge >= 0.3 is 0 Å². The second-order valence-electron chi connectivity index (χ2n) is 7.10. The van der Waals surface area contributed by atoms with Gasteiger partial charge in [0.25, 0.3) is 0 Å². The fraction of sp³-hybridized carbons (Fsp3) is 0.556. The Morgan fingerprint density at radius 3 is 1.18 bits per heavy atom. The highest BCUT2D eigenvalue weighted by Gasteiger charge is 2.58. The van der Waals surface area contributed by atoms with Gasteiger partial charge in [-0.25, -0.2) is 0 Å². The molecule has 0 N–H and O–H groups in total. The highest BCUT2D eigenvalue weighted by Crippen LogP contribution is 2.60. The molecule has 0 aliphatic heterocycles. The van der Waals surface area contributed by atoms with E-state index in [0.717, 1.165) is 46.5 Å². The minimum Gasteiger partial charge on any atom is -0.355 e. The predicted octanol–water partition coefficient (Wildman–Crippen LogP) is 13.1. The summed E-state index contributed by atoms with van der Waals surface area (Å²) in [5, 5.41) is 1.53. The van der Waals surface area contributed by atoms with Crippen LogP contribution in [0.25, 0.3) is 0 Å². The van der Waals surface area contributed by atoms with Gasteiger partial charge in [0.05, 0.1) is 9.65 Å². The molecule has 0 radical (unpaired) electrons. The molecule has 2 aliphatic carbocycles. The molecule has 0 spiro atoms. The Morgan fingerprint density at radius 1 is 0.606 bits per heavy atom. The molecule has 0 saturated carbocycles. The summed E-state index contributed by atoms with van der Waals surface area (Å²) in [7, 11) is 0. The summed E-state index contributed by atoms with van der Waals surface area (Å²) in [4.78, 5) is -0.0824. The lowest BCUT2D eigenvalue weighted by Gasteiger charge is -2.52. The number of ether oxygens (including phenoxy) is 1. The van der Waals surface area contributed by atoms with E-state index in [4.69, 9.17) is 4.74 Å². The number of rotatable bonds is 8. The van der Waals surface area contributed by atoms with Gasteiger partial charge in [-0.05, 0) is 76.6 Å². The van der Waals surface area contributed by atoms with E-state index in [2.05, 4.69) is 223 Å². The van der Waals surface area contributed by atoms with Gasteiger partial charge in [0.2, 0.25) is 0 Å². The monoisotopic (exact) mass is 1350 g/mol. The summed E-state index contributed by atoms with van der Waals surface area (Å²) in [6, 6.07) is 0. The standard InChI is InChI=1S/C18H12Br14O/c19-3-5(21)1-17(13(29)9(25)7(23)10(26)14(17)30)33-18(2-6(22)4-20)15(31)11(27)8(24)12(28)16(18)32/h5-6,13,15H,1-4H2. The number of allylic oxidation sites excluding steroid dienone is 4. The topological polar surface area (TPSA) is 9.23 Å².